The average molecular weight is 290 g/mol. The number of carbonyl (C=O) groups excluding carboxylic acids is 1. The molecular formula is C15H22N4O2. The van der Waals surface area contributed by atoms with E-state index in [0.29, 0.717) is 37.8 Å². The Morgan fingerprint density at radius 1 is 1.24 bits per heavy atom. The average Bonchev–Trinajstić information content (AvgIpc) is 2.55. The summed E-state index contributed by atoms with van der Waals surface area (Å²) in [5, 5.41) is 0. The summed E-state index contributed by atoms with van der Waals surface area (Å²) in [6, 6.07) is 0. The highest BCUT2D eigenvalue weighted by Gasteiger charge is 2.21. The number of carbonyl (C=O) groups is 1. The van der Waals surface area contributed by atoms with Gasteiger partial charge in [0.1, 0.15) is 0 Å². The zero-order valence-electron chi connectivity index (χ0n) is 12.5. The molecule has 3 heterocycles. The van der Waals surface area contributed by atoms with Gasteiger partial charge in [0, 0.05) is 38.6 Å². The predicted octanol–water partition coefficient (Wildman–Crippen LogP) is 1.19. The molecule has 6 nitrogen and oxygen atoms in total. The van der Waals surface area contributed by atoms with Crippen LogP contribution < -0.4 is 4.90 Å². The highest BCUT2D eigenvalue weighted by molar-refractivity contribution is 5.93. The van der Waals surface area contributed by atoms with E-state index in [9.17, 15) is 4.79 Å². The van der Waals surface area contributed by atoms with Crippen molar-refractivity contribution in [1.29, 1.82) is 0 Å². The molecule has 114 valence electrons. The number of anilines is 1. The van der Waals surface area contributed by atoms with Crippen molar-refractivity contribution in [2.24, 2.45) is 5.92 Å². The highest BCUT2D eigenvalue weighted by atomic mass is 16.5. The monoisotopic (exact) mass is 290 g/mol. The third-order valence-electron chi connectivity index (χ3n) is 4.12. The number of aromatic nitrogens is 2. The summed E-state index contributed by atoms with van der Waals surface area (Å²) < 4.78 is 5.26. The van der Waals surface area contributed by atoms with E-state index in [1.165, 1.54) is 12.8 Å². The van der Waals surface area contributed by atoms with E-state index < -0.39 is 0 Å². The molecule has 0 saturated carbocycles. The SMILES string of the molecule is CC1CCCN(c2ncc(C(=O)N3CCOCC3)cn2)C1. The number of nitrogens with zero attached hydrogens (tertiary/aromatic N) is 4. The van der Waals surface area contributed by atoms with Gasteiger partial charge in [-0.15, -0.1) is 0 Å². The van der Waals surface area contributed by atoms with Crippen molar-refractivity contribution in [1.82, 2.24) is 14.9 Å². The Morgan fingerprint density at radius 3 is 2.62 bits per heavy atom. The van der Waals surface area contributed by atoms with Crippen LogP contribution >= 0.6 is 0 Å². The van der Waals surface area contributed by atoms with Crippen molar-refractivity contribution in [2.75, 3.05) is 44.3 Å². The maximum Gasteiger partial charge on any atom is 0.257 e. The lowest BCUT2D eigenvalue weighted by atomic mass is 10.0. The van der Waals surface area contributed by atoms with Crippen LogP contribution in [-0.2, 0) is 4.74 Å². The molecule has 2 saturated heterocycles. The Balaban J connectivity index is 1.67. The van der Waals surface area contributed by atoms with Gasteiger partial charge in [-0.05, 0) is 18.8 Å². The topological polar surface area (TPSA) is 58.6 Å². The summed E-state index contributed by atoms with van der Waals surface area (Å²) in [7, 11) is 0. The molecule has 0 N–H and O–H groups in total. The minimum atomic E-state index is -0.00291. The second kappa shape index (κ2) is 6.39. The zero-order valence-corrected chi connectivity index (χ0v) is 12.5. The molecule has 2 aliphatic rings. The van der Waals surface area contributed by atoms with Crippen molar-refractivity contribution in [3.8, 4) is 0 Å². The van der Waals surface area contributed by atoms with E-state index in [4.69, 9.17) is 4.74 Å². The van der Waals surface area contributed by atoms with Crippen LogP contribution in [0.15, 0.2) is 12.4 Å². The number of morpholine rings is 1. The molecule has 1 atom stereocenters. The fraction of sp³-hybridized carbons (Fsp3) is 0.667. The molecule has 2 aliphatic heterocycles. The van der Waals surface area contributed by atoms with E-state index in [0.717, 1.165) is 19.0 Å². The molecule has 0 spiro atoms. The number of amides is 1. The third kappa shape index (κ3) is 3.32. The van der Waals surface area contributed by atoms with Crippen LogP contribution in [0.25, 0.3) is 0 Å². The number of rotatable bonds is 2. The van der Waals surface area contributed by atoms with Crippen LogP contribution in [0.4, 0.5) is 5.95 Å². The molecule has 1 amide bonds. The standard InChI is InChI=1S/C15H22N4O2/c1-12-3-2-4-19(11-12)15-16-9-13(10-17-15)14(20)18-5-7-21-8-6-18/h9-10,12H,2-8,11H2,1H3. The van der Waals surface area contributed by atoms with Gasteiger partial charge in [0.2, 0.25) is 5.95 Å². The quantitative estimate of drug-likeness (QED) is 0.819. The molecule has 0 aromatic carbocycles. The van der Waals surface area contributed by atoms with E-state index in [1.54, 1.807) is 17.3 Å². The Morgan fingerprint density at radius 2 is 1.95 bits per heavy atom. The summed E-state index contributed by atoms with van der Waals surface area (Å²) in [5.41, 5.74) is 0.561. The fourth-order valence-corrected chi connectivity index (χ4v) is 2.92. The van der Waals surface area contributed by atoms with Gasteiger partial charge in [0.25, 0.3) is 5.91 Å². The van der Waals surface area contributed by atoms with Gasteiger partial charge in [-0.3, -0.25) is 4.79 Å². The Kier molecular flexibility index (Phi) is 4.34. The van der Waals surface area contributed by atoms with Gasteiger partial charge in [0.05, 0.1) is 18.8 Å². The van der Waals surface area contributed by atoms with Crippen molar-refractivity contribution in [3.63, 3.8) is 0 Å². The molecule has 1 aromatic rings. The summed E-state index contributed by atoms with van der Waals surface area (Å²) in [6.07, 6.45) is 5.75. The van der Waals surface area contributed by atoms with Crippen molar-refractivity contribution < 1.29 is 9.53 Å². The summed E-state index contributed by atoms with van der Waals surface area (Å²) >= 11 is 0. The summed E-state index contributed by atoms with van der Waals surface area (Å²) in [5.74, 6) is 1.41. The lowest BCUT2D eigenvalue weighted by Crippen LogP contribution is -2.41. The maximum atomic E-state index is 12.3. The fourth-order valence-electron chi connectivity index (χ4n) is 2.92. The van der Waals surface area contributed by atoms with E-state index in [2.05, 4.69) is 21.8 Å². The first-order chi connectivity index (χ1) is 10.2. The van der Waals surface area contributed by atoms with Crippen LogP contribution in [0.3, 0.4) is 0 Å². The first-order valence-corrected chi connectivity index (χ1v) is 7.68. The molecule has 6 heteroatoms. The molecule has 1 aromatic heterocycles. The Bertz CT molecular complexity index is 485. The van der Waals surface area contributed by atoms with Gasteiger partial charge < -0.3 is 14.5 Å². The minimum Gasteiger partial charge on any atom is -0.378 e. The number of piperidine rings is 1. The van der Waals surface area contributed by atoms with Crippen LogP contribution in [0, 0.1) is 5.92 Å². The smallest absolute Gasteiger partial charge is 0.257 e. The third-order valence-corrected chi connectivity index (χ3v) is 4.12. The summed E-state index contributed by atoms with van der Waals surface area (Å²) in [4.78, 5) is 25.1. The number of ether oxygens (including phenoxy) is 1. The van der Waals surface area contributed by atoms with Gasteiger partial charge in [-0.2, -0.15) is 0 Å². The van der Waals surface area contributed by atoms with E-state index in [1.807, 2.05) is 0 Å². The first kappa shape index (κ1) is 14.3. The Hall–Kier alpha value is -1.69. The predicted molar refractivity (Wildman–Crippen MR) is 79.4 cm³/mol. The molecule has 0 bridgehead atoms. The second-order valence-corrected chi connectivity index (χ2v) is 5.87. The van der Waals surface area contributed by atoms with Crippen molar-refractivity contribution in [3.05, 3.63) is 18.0 Å². The molecular weight excluding hydrogens is 268 g/mol. The highest BCUT2D eigenvalue weighted by Crippen LogP contribution is 2.19. The van der Waals surface area contributed by atoms with Gasteiger partial charge in [0.15, 0.2) is 0 Å². The number of hydrogen-bond donors (Lipinski definition) is 0. The molecule has 3 rings (SSSR count). The van der Waals surface area contributed by atoms with Crippen molar-refractivity contribution >= 4 is 11.9 Å². The zero-order chi connectivity index (χ0) is 14.7. The summed E-state index contributed by atoms with van der Waals surface area (Å²) in [6.45, 7) is 6.75. The van der Waals surface area contributed by atoms with Crippen LogP contribution in [0.2, 0.25) is 0 Å². The molecule has 0 aliphatic carbocycles. The second-order valence-electron chi connectivity index (χ2n) is 5.87. The van der Waals surface area contributed by atoms with Crippen molar-refractivity contribution in [2.45, 2.75) is 19.8 Å². The molecule has 21 heavy (non-hydrogen) atoms. The van der Waals surface area contributed by atoms with Gasteiger partial charge in [-0.1, -0.05) is 6.92 Å². The first-order valence-electron chi connectivity index (χ1n) is 7.68. The van der Waals surface area contributed by atoms with Gasteiger partial charge >= 0.3 is 0 Å². The Labute approximate surface area is 125 Å². The number of hydrogen-bond acceptors (Lipinski definition) is 5. The van der Waals surface area contributed by atoms with E-state index in [-0.39, 0.29) is 5.91 Å². The molecule has 2 fully saturated rings. The van der Waals surface area contributed by atoms with Crippen LogP contribution in [0.5, 0.6) is 0 Å². The largest absolute Gasteiger partial charge is 0.378 e. The normalized spacial score (nSPS) is 23.2. The van der Waals surface area contributed by atoms with E-state index >= 15 is 0 Å². The van der Waals surface area contributed by atoms with Crippen LogP contribution in [-0.4, -0.2) is 60.2 Å². The maximum absolute atomic E-state index is 12.3. The van der Waals surface area contributed by atoms with Gasteiger partial charge in [-0.25, -0.2) is 9.97 Å². The lowest BCUT2D eigenvalue weighted by Gasteiger charge is -2.31. The minimum absolute atomic E-state index is 0.00291. The molecule has 1 unspecified atom stereocenters. The molecule has 0 radical (unpaired) electrons. The lowest BCUT2D eigenvalue weighted by molar-refractivity contribution is 0.0302. The van der Waals surface area contributed by atoms with Crippen LogP contribution in [0.1, 0.15) is 30.1 Å².